The van der Waals surface area contributed by atoms with Crippen molar-refractivity contribution in [3.05, 3.63) is 27.1 Å². The Balaban J connectivity index is 2.13. The highest BCUT2D eigenvalue weighted by atomic mass is 19.1. The summed E-state index contributed by atoms with van der Waals surface area (Å²) in [5.41, 5.74) is 10.9. The Morgan fingerprint density at radius 3 is 3.09 bits per heavy atom. The van der Waals surface area contributed by atoms with Crippen molar-refractivity contribution in [1.82, 2.24) is 19.5 Å². The fourth-order valence-corrected chi connectivity index (χ4v) is 2.42. The van der Waals surface area contributed by atoms with E-state index in [2.05, 4.69) is 25.0 Å². The Labute approximate surface area is 126 Å². The number of aromatic amines is 1. The maximum Gasteiger partial charge on any atom is 0.280 e. The second-order valence-corrected chi connectivity index (χ2v) is 4.87. The van der Waals surface area contributed by atoms with Crippen molar-refractivity contribution in [3.8, 4) is 0 Å². The highest BCUT2D eigenvalue weighted by Crippen LogP contribution is 2.40. The molecule has 3 rings (SSSR count). The molecule has 0 bridgehead atoms. The van der Waals surface area contributed by atoms with Crippen LogP contribution < -0.4 is 11.3 Å². The van der Waals surface area contributed by atoms with E-state index in [0.717, 1.165) is 10.9 Å². The zero-order valence-electron chi connectivity index (χ0n) is 11.4. The van der Waals surface area contributed by atoms with E-state index < -0.39 is 36.4 Å². The van der Waals surface area contributed by atoms with Crippen LogP contribution in [0.2, 0.25) is 0 Å². The molecule has 0 aromatic carbocycles. The maximum absolute atomic E-state index is 14.3. The third-order valence-electron chi connectivity index (χ3n) is 3.51. The van der Waals surface area contributed by atoms with Crippen molar-refractivity contribution < 1.29 is 19.3 Å². The molecule has 2 aromatic rings. The molecule has 0 spiro atoms. The van der Waals surface area contributed by atoms with Crippen molar-refractivity contribution >= 4 is 17.1 Å². The van der Waals surface area contributed by atoms with Gasteiger partial charge in [-0.2, -0.15) is 4.98 Å². The largest absolute Gasteiger partial charge is 0.393 e. The van der Waals surface area contributed by atoms with E-state index in [1.54, 1.807) is 0 Å². The normalized spacial score (nSPS) is 30.5. The van der Waals surface area contributed by atoms with Crippen LogP contribution >= 0.6 is 0 Å². The van der Waals surface area contributed by atoms with Crippen LogP contribution in [0, 0.1) is 0 Å². The number of imidazole rings is 1. The number of nitrogens with one attached hydrogen (secondary N) is 1. The lowest BCUT2D eigenvalue weighted by Crippen LogP contribution is -2.41. The molecule has 0 saturated carbocycles. The number of alkyl halides is 1. The smallest absolute Gasteiger partial charge is 0.280 e. The van der Waals surface area contributed by atoms with Crippen LogP contribution in [-0.4, -0.2) is 54.3 Å². The fourth-order valence-electron chi connectivity index (χ4n) is 2.42. The molecule has 1 aliphatic heterocycles. The van der Waals surface area contributed by atoms with Crippen LogP contribution in [0.15, 0.2) is 16.2 Å². The molecule has 1 fully saturated rings. The second-order valence-electron chi connectivity index (χ2n) is 4.87. The lowest BCUT2D eigenvalue weighted by atomic mass is 10.1. The predicted octanol–water partition coefficient (Wildman–Crippen LogP) is -1.07. The van der Waals surface area contributed by atoms with E-state index in [-0.39, 0.29) is 17.1 Å². The number of nitrogens with zero attached hydrogens (tertiary/aromatic N) is 6. The molecule has 3 heterocycles. The van der Waals surface area contributed by atoms with Crippen LogP contribution in [0.1, 0.15) is 6.23 Å². The van der Waals surface area contributed by atoms with E-state index in [4.69, 9.17) is 16.0 Å². The SMILES string of the molecule is [N-]=[N+]=N[C@]1(CO)O[C@@H](n2cnc3c(=O)[nH]c(N)nc32)[C@H](O)[C@@H]1F. The van der Waals surface area contributed by atoms with Crippen molar-refractivity contribution in [2.75, 3.05) is 12.3 Å². The molecule has 0 unspecified atom stereocenters. The molecule has 0 amide bonds. The highest BCUT2D eigenvalue weighted by Gasteiger charge is 2.56. The van der Waals surface area contributed by atoms with Crippen LogP contribution in [0.5, 0.6) is 0 Å². The maximum atomic E-state index is 14.3. The number of aromatic nitrogens is 4. The van der Waals surface area contributed by atoms with E-state index >= 15 is 0 Å². The van der Waals surface area contributed by atoms with Gasteiger partial charge in [-0.05, 0) is 5.53 Å². The number of ether oxygens (including phenoxy) is 1. The zero-order valence-corrected chi connectivity index (χ0v) is 11.4. The van der Waals surface area contributed by atoms with E-state index in [1.807, 2.05) is 0 Å². The Hall–Kier alpha value is -2.73. The lowest BCUT2D eigenvalue weighted by molar-refractivity contribution is -0.113. The van der Waals surface area contributed by atoms with Gasteiger partial charge in [0.05, 0.1) is 12.9 Å². The number of anilines is 1. The molecule has 4 atom stereocenters. The first-order valence-electron chi connectivity index (χ1n) is 6.33. The topological polar surface area (TPSA) is 188 Å². The van der Waals surface area contributed by atoms with E-state index in [9.17, 15) is 19.4 Å². The predicted molar refractivity (Wildman–Crippen MR) is 72.5 cm³/mol. The summed E-state index contributed by atoms with van der Waals surface area (Å²) < 4.78 is 20.6. The van der Waals surface area contributed by atoms with Gasteiger partial charge >= 0.3 is 0 Å². The van der Waals surface area contributed by atoms with Gasteiger partial charge in [-0.3, -0.25) is 14.3 Å². The summed E-state index contributed by atoms with van der Waals surface area (Å²) in [6, 6.07) is 0. The standard InChI is InChI=1S/C10H11FN8O4/c11-5-4(21)8(23-10(5,1-20)17-18-13)19-2-14-3-6(19)15-9(12)16-7(3)22/h2,4-5,8,20-21H,1H2,(H3,12,15,16,22)/t4-,5+,8-,10-/m1/s1. The number of azide groups is 1. The fraction of sp³-hybridized carbons (Fsp3) is 0.500. The molecule has 122 valence electrons. The Kier molecular flexibility index (Phi) is 3.41. The number of halogens is 1. The quantitative estimate of drug-likeness (QED) is 0.313. The number of hydrogen-bond donors (Lipinski definition) is 4. The van der Waals surface area contributed by atoms with Gasteiger partial charge in [0.2, 0.25) is 11.7 Å². The summed E-state index contributed by atoms with van der Waals surface area (Å²) in [4.78, 5) is 24.1. The minimum absolute atomic E-state index is 0.0582. The second kappa shape index (κ2) is 5.17. The van der Waals surface area contributed by atoms with Gasteiger partial charge in [-0.1, -0.05) is 5.11 Å². The summed E-state index contributed by atoms with van der Waals surface area (Å²) >= 11 is 0. The minimum atomic E-state index is -2.29. The molecule has 2 aromatic heterocycles. The van der Waals surface area contributed by atoms with Gasteiger partial charge in [-0.15, -0.1) is 0 Å². The minimum Gasteiger partial charge on any atom is -0.393 e. The molecule has 13 heteroatoms. The summed E-state index contributed by atoms with van der Waals surface area (Å²) in [7, 11) is 0. The third-order valence-corrected chi connectivity index (χ3v) is 3.51. The molecular formula is C10H11FN8O4. The van der Waals surface area contributed by atoms with E-state index in [0.29, 0.717) is 0 Å². The number of H-pyrrole nitrogens is 1. The van der Waals surface area contributed by atoms with Crippen molar-refractivity contribution in [2.24, 2.45) is 5.11 Å². The van der Waals surface area contributed by atoms with Crippen LogP contribution in [0.4, 0.5) is 10.3 Å². The number of nitrogen functional groups attached to an aromatic ring is 1. The number of rotatable bonds is 3. The molecule has 1 aliphatic rings. The first kappa shape index (κ1) is 15.2. The van der Waals surface area contributed by atoms with Gasteiger partial charge in [0.1, 0.15) is 6.10 Å². The van der Waals surface area contributed by atoms with Crippen molar-refractivity contribution in [2.45, 2.75) is 24.2 Å². The first-order valence-corrected chi connectivity index (χ1v) is 6.33. The molecule has 5 N–H and O–H groups in total. The number of hydrogen-bond acceptors (Lipinski definition) is 8. The van der Waals surface area contributed by atoms with Crippen LogP contribution in [-0.2, 0) is 4.74 Å². The Bertz CT molecular complexity index is 860. The summed E-state index contributed by atoms with van der Waals surface area (Å²) in [5.74, 6) is -0.211. The lowest BCUT2D eigenvalue weighted by Gasteiger charge is -2.22. The molecule has 0 radical (unpaired) electrons. The summed E-state index contributed by atoms with van der Waals surface area (Å²) in [6.45, 7) is -0.992. The van der Waals surface area contributed by atoms with Gasteiger partial charge in [0, 0.05) is 4.91 Å². The Morgan fingerprint density at radius 1 is 1.70 bits per heavy atom. The van der Waals surface area contributed by atoms with Crippen molar-refractivity contribution in [3.63, 3.8) is 0 Å². The average molecular weight is 326 g/mol. The number of nitrogens with two attached hydrogens (primary N) is 1. The van der Waals surface area contributed by atoms with Gasteiger partial charge in [0.15, 0.2) is 23.6 Å². The zero-order chi connectivity index (χ0) is 16.8. The molecule has 0 aliphatic carbocycles. The Morgan fingerprint density at radius 2 is 2.43 bits per heavy atom. The van der Waals surface area contributed by atoms with Gasteiger partial charge < -0.3 is 20.7 Å². The monoisotopic (exact) mass is 326 g/mol. The third kappa shape index (κ3) is 2.10. The van der Waals surface area contributed by atoms with Crippen LogP contribution in [0.25, 0.3) is 21.6 Å². The molecule has 12 nitrogen and oxygen atoms in total. The molecular weight excluding hydrogens is 315 g/mol. The average Bonchev–Trinajstić information content (AvgIpc) is 3.03. The summed E-state index contributed by atoms with van der Waals surface area (Å²) in [6.07, 6.45) is -4.34. The van der Waals surface area contributed by atoms with Crippen molar-refractivity contribution in [1.29, 1.82) is 0 Å². The van der Waals surface area contributed by atoms with Gasteiger partial charge in [-0.25, -0.2) is 9.37 Å². The first-order chi connectivity index (χ1) is 10.9. The van der Waals surface area contributed by atoms with Crippen LogP contribution in [0.3, 0.4) is 0 Å². The highest BCUT2D eigenvalue weighted by molar-refractivity contribution is 5.70. The number of aliphatic hydroxyl groups excluding tert-OH is 2. The summed E-state index contributed by atoms with van der Waals surface area (Å²) in [5, 5.41) is 22.4. The van der Waals surface area contributed by atoms with E-state index in [1.165, 1.54) is 0 Å². The molecule has 1 saturated heterocycles. The van der Waals surface area contributed by atoms with Gasteiger partial charge in [0.25, 0.3) is 5.56 Å². The number of aliphatic hydroxyl groups is 2. The number of fused-ring (bicyclic) bond motifs is 1. The molecule has 23 heavy (non-hydrogen) atoms.